The lowest BCUT2D eigenvalue weighted by Gasteiger charge is -2.34. The van der Waals surface area contributed by atoms with Crippen LogP contribution in [0.2, 0.25) is 0 Å². The number of hydrogen-bond donors (Lipinski definition) is 0. The van der Waals surface area contributed by atoms with Crippen LogP contribution in [0.1, 0.15) is 44.6 Å². The van der Waals surface area contributed by atoms with Gasteiger partial charge in [0.05, 0.1) is 0 Å². The molecule has 0 heterocycles. The summed E-state index contributed by atoms with van der Waals surface area (Å²) in [5, 5.41) is 0. The molecule has 0 unspecified atom stereocenters. The second kappa shape index (κ2) is 6.85. The highest BCUT2D eigenvalue weighted by molar-refractivity contribution is 9.10. The zero-order valence-corrected chi connectivity index (χ0v) is 13.4. The van der Waals surface area contributed by atoms with Crippen LogP contribution in [0.25, 0.3) is 0 Å². The first kappa shape index (κ1) is 15.0. The fourth-order valence-electron chi connectivity index (χ4n) is 3.04. The van der Waals surface area contributed by atoms with Crippen LogP contribution in [0, 0.1) is 11.7 Å². The van der Waals surface area contributed by atoms with E-state index in [1.807, 2.05) is 12.1 Å². The molecule has 0 N–H and O–H groups in total. The molecule has 1 saturated carbocycles. The van der Waals surface area contributed by atoms with Crippen molar-refractivity contribution in [3.63, 3.8) is 0 Å². The zero-order valence-electron chi connectivity index (χ0n) is 11.8. The van der Waals surface area contributed by atoms with E-state index in [-0.39, 0.29) is 5.82 Å². The Bertz CT molecular complexity index is 413. The normalized spacial score (nSPS) is 23.8. The molecule has 1 fully saturated rings. The van der Waals surface area contributed by atoms with Crippen molar-refractivity contribution in [2.24, 2.45) is 5.92 Å². The Morgan fingerprint density at radius 1 is 1.26 bits per heavy atom. The molecule has 0 radical (unpaired) electrons. The summed E-state index contributed by atoms with van der Waals surface area (Å²) in [6.45, 7) is 2.99. The quantitative estimate of drug-likeness (QED) is 0.753. The maximum Gasteiger partial charge on any atom is 0.128 e. The van der Waals surface area contributed by atoms with Crippen molar-refractivity contribution in [3.8, 4) is 0 Å². The second-order valence-corrected chi connectivity index (χ2v) is 6.65. The lowest BCUT2D eigenvalue weighted by Crippen LogP contribution is -2.34. The predicted octanol–water partition coefficient (Wildman–Crippen LogP) is 4.99. The van der Waals surface area contributed by atoms with Gasteiger partial charge in [0.25, 0.3) is 0 Å². The molecule has 19 heavy (non-hydrogen) atoms. The third-order valence-corrected chi connectivity index (χ3v) is 4.95. The van der Waals surface area contributed by atoms with Crippen molar-refractivity contribution < 1.29 is 4.39 Å². The van der Waals surface area contributed by atoms with Crippen LogP contribution >= 0.6 is 15.9 Å². The van der Waals surface area contributed by atoms with Crippen molar-refractivity contribution in [3.05, 3.63) is 34.1 Å². The van der Waals surface area contributed by atoms with Crippen LogP contribution in [0.4, 0.5) is 4.39 Å². The molecule has 0 saturated heterocycles. The van der Waals surface area contributed by atoms with E-state index in [1.165, 1.54) is 32.1 Å². The highest BCUT2D eigenvalue weighted by Gasteiger charge is 2.23. The Hall–Kier alpha value is -0.410. The summed E-state index contributed by atoms with van der Waals surface area (Å²) < 4.78 is 14.6. The maximum absolute atomic E-state index is 13.8. The van der Waals surface area contributed by atoms with E-state index in [0.29, 0.717) is 12.6 Å². The Balaban J connectivity index is 1.92. The molecule has 1 aliphatic carbocycles. The number of hydrogen-bond acceptors (Lipinski definition) is 1. The first-order valence-electron chi connectivity index (χ1n) is 7.24. The molecule has 3 heteroatoms. The average molecular weight is 328 g/mol. The second-order valence-electron chi connectivity index (χ2n) is 5.73. The monoisotopic (exact) mass is 327 g/mol. The van der Waals surface area contributed by atoms with Gasteiger partial charge in [-0.15, -0.1) is 0 Å². The van der Waals surface area contributed by atoms with Crippen molar-refractivity contribution in [2.75, 3.05) is 7.05 Å². The van der Waals surface area contributed by atoms with Gasteiger partial charge < -0.3 is 0 Å². The van der Waals surface area contributed by atoms with E-state index in [9.17, 15) is 4.39 Å². The van der Waals surface area contributed by atoms with E-state index in [0.717, 1.165) is 16.0 Å². The summed E-state index contributed by atoms with van der Waals surface area (Å²) in [7, 11) is 2.12. The van der Waals surface area contributed by atoms with E-state index >= 15 is 0 Å². The molecule has 0 amide bonds. The molecule has 0 atom stereocenters. The first-order valence-corrected chi connectivity index (χ1v) is 8.03. The summed E-state index contributed by atoms with van der Waals surface area (Å²) in [5.41, 5.74) is 0.795. The Labute approximate surface area is 124 Å². The molecule has 0 bridgehead atoms. The van der Waals surface area contributed by atoms with E-state index in [1.54, 1.807) is 6.07 Å². The van der Waals surface area contributed by atoms with Gasteiger partial charge in [-0.2, -0.15) is 0 Å². The smallest absolute Gasteiger partial charge is 0.128 e. The molecule has 2 rings (SSSR count). The van der Waals surface area contributed by atoms with Gasteiger partial charge in [-0.25, -0.2) is 4.39 Å². The third-order valence-electron chi connectivity index (χ3n) is 4.45. The van der Waals surface area contributed by atoms with Gasteiger partial charge in [0, 0.05) is 22.6 Å². The fraction of sp³-hybridized carbons (Fsp3) is 0.625. The Morgan fingerprint density at radius 2 is 1.95 bits per heavy atom. The number of nitrogens with zero attached hydrogens (tertiary/aromatic N) is 1. The molecular weight excluding hydrogens is 305 g/mol. The molecule has 1 nitrogen and oxygen atoms in total. The largest absolute Gasteiger partial charge is 0.299 e. The van der Waals surface area contributed by atoms with E-state index in [2.05, 4.69) is 34.8 Å². The van der Waals surface area contributed by atoms with Gasteiger partial charge in [-0.05, 0) is 50.8 Å². The van der Waals surface area contributed by atoms with Gasteiger partial charge >= 0.3 is 0 Å². The van der Waals surface area contributed by atoms with Gasteiger partial charge in [-0.3, -0.25) is 4.90 Å². The van der Waals surface area contributed by atoms with Crippen LogP contribution in [-0.4, -0.2) is 18.0 Å². The van der Waals surface area contributed by atoms with Crippen molar-refractivity contribution in [1.82, 2.24) is 4.90 Å². The van der Waals surface area contributed by atoms with Crippen LogP contribution in [0.15, 0.2) is 22.7 Å². The third kappa shape index (κ3) is 4.03. The summed E-state index contributed by atoms with van der Waals surface area (Å²) in [5.74, 6) is 0.803. The van der Waals surface area contributed by atoms with Gasteiger partial charge in [0.15, 0.2) is 0 Å². The number of halogens is 2. The lowest BCUT2D eigenvalue weighted by molar-refractivity contribution is 0.156. The molecule has 0 aliphatic heterocycles. The molecular formula is C16H23BrFN. The van der Waals surface area contributed by atoms with Crippen LogP contribution in [0.3, 0.4) is 0 Å². The van der Waals surface area contributed by atoms with Crippen molar-refractivity contribution in [2.45, 2.75) is 51.6 Å². The lowest BCUT2D eigenvalue weighted by atomic mass is 9.84. The summed E-state index contributed by atoms with van der Waals surface area (Å²) in [6, 6.07) is 5.97. The van der Waals surface area contributed by atoms with Gasteiger partial charge in [-0.1, -0.05) is 35.3 Å². The van der Waals surface area contributed by atoms with Gasteiger partial charge in [0.2, 0.25) is 0 Å². The average Bonchev–Trinajstić information content (AvgIpc) is 2.42. The highest BCUT2D eigenvalue weighted by Crippen LogP contribution is 2.29. The molecule has 0 spiro atoms. The Kier molecular flexibility index (Phi) is 5.40. The SMILES string of the molecule is CCC1CCC(N(C)Cc2ccc(Br)cc2F)CC1. The predicted molar refractivity (Wildman–Crippen MR) is 81.6 cm³/mol. The fourth-order valence-corrected chi connectivity index (χ4v) is 3.37. The van der Waals surface area contributed by atoms with Crippen LogP contribution in [-0.2, 0) is 6.54 Å². The standard InChI is InChI=1S/C16H23BrFN/c1-3-12-4-8-15(9-5-12)19(2)11-13-6-7-14(17)10-16(13)18/h6-7,10,12,15H,3-5,8-9,11H2,1-2H3. The summed E-state index contributed by atoms with van der Waals surface area (Å²) in [4.78, 5) is 2.32. The molecule has 0 aromatic heterocycles. The first-order chi connectivity index (χ1) is 9.10. The van der Waals surface area contributed by atoms with Gasteiger partial charge in [0.1, 0.15) is 5.82 Å². The number of rotatable bonds is 4. The highest BCUT2D eigenvalue weighted by atomic mass is 79.9. The van der Waals surface area contributed by atoms with E-state index in [4.69, 9.17) is 0 Å². The Morgan fingerprint density at radius 3 is 2.53 bits per heavy atom. The minimum Gasteiger partial charge on any atom is -0.299 e. The van der Waals surface area contributed by atoms with Crippen molar-refractivity contribution >= 4 is 15.9 Å². The topological polar surface area (TPSA) is 3.24 Å². The number of benzene rings is 1. The summed E-state index contributed by atoms with van der Waals surface area (Å²) >= 11 is 3.30. The van der Waals surface area contributed by atoms with Crippen molar-refractivity contribution in [1.29, 1.82) is 0 Å². The minimum atomic E-state index is -0.108. The van der Waals surface area contributed by atoms with Crippen LogP contribution < -0.4 is 0 Å². The molecule has 1 aliphatic rings. The molecule has 106 valence electrons. The summed E-state index contributed by atoms with van der Waals surface area (Å²) in [6.07, 6.45) is 6.47. The van der Waals surface area contributed by atoms with Crippen LogP contribution in [0.5, 0.6) is 0 Å². The maximum atomic E-state index is 13.8. The zero-order chi connectivity index (χ0) is 13.8. The molecule has 1 aromatic rings. The van der Waals surface area contributed by atoms with E-state index < -0.39 is 0 Å². The minimum absolute atomic E-state index is 0.108. The molecule has 1 aromatic carbocycles.